The van der Waals surface area contributed by atoms with Crippen molar-refractivity contribution in [2.24, 2.45) is 5.92 Å². The summed E-state index contributed by atoms with van der Waals surface area (Å²) >= 11 is 0. The fourth-order valence-electron chi connectivity index (χ4n) is 8.25. The number of carbonyl (C=O) groups is 2. The van der Waals surface area contributed by atoms with E-state index in [0.29, 0.717) is 30.4 Å². The topological polar surface area (TPSA) is 77.3 Å². The number of quaternary nitrogens is 1. The molecule has 1 aromatic carbocycles. The number of esters is 1. The van der Waals surface area contributed by atoms with Crippen LogP contribution in [0.2, 0.25) is 0 Å². The molecule has 6 nitrogen and oxygen atoms in total. The van der Waals surface area contributed by atoms with Crippen LogP contribution < -0.4 is 14.4 Å². The Morgan fingerprint density at radius 1 is 1.32 bits per heavy atom. The summed E-state index contributed by atoms with van der Waals surface area (Å²) in [5, 5.41) is 12.5. The minimum atomic E-state index is -0.951. The molecule has 2 aliphatic heterocycles. The summed E-state index contributed by atoms with van der Waals surface area (Å²) < 4.78 is 12.1. The van der Waals surface area contributed by atoms with Crippen LogP contribution in [0.5, 0.6) is 11.5 Å². The van der Waals surface area contributed by atoms with Gasteiger partial charge in [0.05, 0.1) is 29.3 Å². The molecule has 3 saturated carbocycles. The van der Waals surface area contributed by atoms with Crippen molar-refractivity contribution < 1.29 is 29.1 Å². The third kappa shape index (κ3) is 1.91. The molecule has 6 atom stereocenters. The lowest BCUT2D eigenvalue weighted by Gasteiger charge is -2.54. The molecule has 6 heteroatoms. The first kappa shape index (κ1) is 18.6. The molecule has 6 aliphatic rings. The Balaban J connectivity index is 1.45. The zero-order chi connectivity index (χ0) is 21.3. The molecule has 0 radical (unpaired) electrons. The molecule has 2 spiro atoms. The molecule has 2 N–H and O–H groups in total. The zero-order valence-electron chi connectivity index (χ0n) is 18.2. The quantitative estimate of drug-likeness (QED) is 0.563. The lowest BCUT2D eigenvalue weighted by Crippen LogP contribution is -3.20. The van der Waals surface area contributed by atoms with E-state index in [-0.39, 0.29) is 29.1 Å². The highest BCUT2D eigenvalue weighted by Gasteiger charge is 2.82. The van der Waals surface area contributed by atoms with Crippen molar-refractivity contribution in [3.63, 3.8) is 0 Å². The lowest BCUT2D eigenvalue weighted by molar-refractivity contribution is -0.950. The second-order valence-electron chi connectivity index (χ2n) is 11.3. The van der Waals surface area contributed by atoms with Crippen LogP contribution in [-0.2, 0) is 20.4 Å². The monoisotopic (exact) mass is 424 g/mol. The Morgan fingerprint density at radius 3 is 2.84 bits per heavy atom. The first-order valence-electron chi connectivity index (χ1n) is 12.0. The van der Waals surface area contributed by atoms with E-state index < -0.39 is 17.1 Å². The Morgan fingerprint density at radius 2 is 2.13 bits per heavy atom. The van der Waals surface area contributed by atoms with E-state index in [1.807, 2.05) is 6.07 Å². The van der Waals surface area contributed by atoms with Gasteiger partial charge in [-0.15, -0.1) is 0 Å². The number of carbonyl (C=O) groups excluding carboxylic acids is 2. The highest BCUT2D eigenvalue weighted by atomic mass is 16.6. The summed E-state index contributed by atoms with van der Waals surface area (Å²) in [6.45, 7) is 4.64. The van der Waals surface area contributed by atoms with Crippen LogP contribution in [0.1, 0.15) is 69.9 Å². The van der Waals surface area contributed by atoms with Crippen LogP contribution in [0.4, 0.5) is 0 Å². The van der Waals surface area contributed by atoms with Gasteiger partial charge in [-0.3, -0.25) is 9.59 Å². The Bertz CT molecular complexity index is 1040. The predicted molar refractivity (Wildman–Crippen MR) is 110 cm³/mol. The maximum atomic E-state index is 13.2. The van der Waals surface area contributed by atoms with Gasteiger partial charge in [-0.25, -0.2) is 0 Å². The largest absolute Gasteiger partial charge is 0.477 e. The van der Waals surface area contributed by atoms with Gasteiger partial charge in [0.15, 0.2) is 23.4 Å². The first-order chi connectivity index (χ1) is 14.8. The normalized spacial score (nSPS) is 43.6. The maximum Gasteiger partial charge on any atom is 0.313 e. The molecule has 31 heavy (non-hydrogen) atoms. The second kappa shape index (κ2) is 5.52. The van der Waals surface area contributed by atoms with Gasteiger partial charge in [-0.2, -0.15) is 0 Å². The molecule has 1 saturated heterocycles. The molecule has 4 aliphatic carbocycles. The number of likely N-dealkylation sites (tertiary alicyclic amines) is 1. The highest BCUT2D eigenvalue weighted by Crippen LogP contribution is 2.72. The van der Waals surface area contributed by atoms with Crippen LogP contribution >= 0.6 is 0 Å². The van der Waals surface area contributed by atoms with Crippen molar-refractivity contribution in [2.45, 2.75) is 93.4 Å². The summed E-state index contributed by atoms with van der Waals surface area (Å²) in [6, 6.07) is 4.74. The molecular weight excluding hydrogens is 394 g/mol. The number of hydrogen-bond donors (Lipinski definition) is 2. The van der Waals surface area contributed by atoms with E-state index in [9.17, 15) is 14.7 Å². The number of aliphatic hydroxyl groups is 1. The zero-order valence-corrected chi connectivity index (χ0v) is 18.2. The van der Waals surface area contributed by atoms with Crippen LogP contribution in [0, 0.1) is 5.92 Å². The summed E-state index contributed by atoms with van der Waals surface area (Å²) in [7, 11) is 0. The van der Waals surface area contributed by atoms with Gasteiger partial charge >= 0.3 is 5.97 Å². The highest BCUT2D eigenvalue weighted by molar-refractivity contribution is 5.91. The standard InChI is InChI=1S/C25H29NO5/c1-13(2)22(28)30-17-7-6-15-19-20(17)31-21-16(27)8-9-25(29)18-10-23(15,11-24(19,21)25)12-26(18)14-4-3-5-14/h6-7,13-14,18,21,29H,3-5,8-12H2,1-2H3/p+1. The average Bonchev–Trinajstić information content (AvgIpc) is 3.28. The van der Waals surface area contributed by atoms with E-state index >= 15 is 0 Å². The third-order valence-corrected chi connectivity index (χ3v) is 9.73. The molecule has 1 aromatic rings. The van der Waals surface area contributed by atoms with Crippen LogP contribution in [-0.4, -0.2) is 47.2 Å². The van der Waals surface area contributed by atoms with Gasteiger partial charge in [0, 0.05) is 18.4 Å². The van der Waals surface area contributed by atoms with E-state index in [1.165, 1.54) is 24.8 Å². The fourth-order valence-corrected chi connectivity index (χ4v) is 8.25. The molecule has 164 valence electrons. The SMILES string of the molecule is CC(C)C(=O)Oc1ccc2c3c1OC1C(=O)CCC4(O)C5CC2(C[NH+]5C2CCC2)CC314. The summed E-state index contributed by atoms with van der Waals surface area (Å²) in [5.74, 6) is 0.458. The van der Waals surface area contributed by atoms with Gasteiger partial charge in [0.1, 0.15) is 11.6 Å². The van der Waals surface area contributed by atoms with E-state index in [4.69, 9.17) is 9.47 Å². The third-order valence-electron chi connectivity index (χ3n) is 9.73. The van der Waals surface area contributed by atoms with Crippen LogP contribution in [0.25, 0.3) is 0 Å². The molecule has 6 unspecified atom stereocenters. The second-order valence-corrected chi connectivity index (χ2v) is 11.3. The van der Waals surface area contributed by atoms with Crippen molar-refractivity contribution >= 4 is 11.8 Å². The van der Waals surface area contributed by atoms with E-state index in [2.05, 4.69) is 6.07 Å². The summed E-state index contributed by atoms with van der Waals surface area (Å²) in [4.78, 5) is 27.1. The molecule has 2 heterocycles. The fraction of sp³-hybridized carbons (Fsp3) is 0.680. The minimum absolute atomic E-state index is 0.00780. The molecule has 0 aromatic heterocycles. The Labute approximate surface area is 181 Å². The molecular formula is C25H30NO5+. The predicted octanol–water partition coefficient (Wildman–Crippen LogP) is 1.21. The van der Waals surface area contributed by atoms with Crippen molar-refractivity contribution in [2.75, 3.05) is 6.54 Å². The van der Waals surface area contributed by atoms with Gasteiger partial charge in [-0.1, -0.05) is 19.9 Å². The Hall–Kier alpha value is -1.92. The smallest absolute Gasteiger partial charge is 0.313 e. The number of benzene rings is 1. The number of hydrogen-bond acceptors (Lipinski definition) is 5. The molecule has 7 rings (SSSR count). The number of Topliss-reactive ketones (excluding diaryl/α,β-unsaturated/α-hetero) is 1. The molecule has 4 fully saturated rings. The van der Waals surface area contributed by atoms with Crippen molar-refractivity contribution in [3.8, 4) is 11.5 Å². The lowest BCUT2D eigenvalue weighted by atomic mass is 9.52. The number of nitrogens with one attached hydrogen (secondary N) is 1. The number of ketones is 1. The molecule has 0 amide bonds. The number of fused-ring (bicyclic) bond motifs is 2. The first-order valence-corrected chi connectivity index (χ1v) is 12.0. The maximum absolute atomic E-state index is 13.2. The van der Waals surface area contributed by atoms with E-state index in [0.717, 1.165) is 24.9 Å². The average molecular weight is 425 g/mol. The summed E-state index contributed by atoms with van der Waals surface area (Å²) in [6.07, 6.45) is 5.74. The van der Waals surface area contributed by atoms with Crippen LogP contribution in [0.3, 0.4) is 0 Å². The number of rotatable bonds is 3. The Kier molecular flexibility index (Phi) is 3.32. The van der Waals surface area contributed by atoms with Crippen LogP contribution in [0.15, 0.2) is 12.1 Å². The number of ether oxygens (including phenoxy) is 2. The van der Waals surface area contributed by atoms with Gasteiger partial charge in [0.25, 0.3) is 0 Å². The van der Waals surface area contributed by atoms with Crippen molar-refractivity contribution in [1.82, 2.24) is 0 Å². The van der Waals surface area contributed by atoms with Gasteiger partial charge in [-0.05, 0) is 43.7 Å². The molecule has 3 bridgehead atoms. The van der Waals surface area contributed by atoms with Crippen molar-refractivity contribution in [1.29, 1.82) is 0 Å². The summed E-state index contributed by atoms with van der Waals surface area (Å²) in [5.41, 5.74) is 0.568. The van der Waals surface area contributed by atoms with Gasteiger partial charge in [0.2, 0.25) is 0 Å². The minimum Gasteiger partial charge on any atom is -0.477 e. The van der Waals surface area contributed by atoms with E-state index in [1.54, 1.807) is 18.7 Å². The van der Waals surface area contributed by atoms with Gasteiger partial charge < -0.3 is 19.5 Å². The van der Waals surface area contributed by atoms with Crippen molar-refractivity contribution in [3.05, 3.63) is 23.3 Å².